The molecule has 0 spiro atoms. The molecule has 0 fully saturated rings. The lowest BCUT2D eigenvalue weighted by Gasteiger charge is -1.98. The third kappa shape index (κ3) is 272. The molecule has 0 aliphatic rings. The summed E-state index contributed by atoms with van der Waals surface area (Å²) in [6.45, 7) is 3.44. The van der Waals surface area contributed by atoms with E-state index in [9.17, 15) is 104 Å². The number of rotatable bonds is 7. The van der Waals surface area contributed by atoms with Crippen LogP contribution in [-0.2, 0) is 13.6 Å². The highest BCUT2D eigenvalue weighted by molar-refractivity contribution is 6.51. The molecular weight excluding hydrogens is 693 g/mol. The summed E-state index contributed by atoms with van der Waals surface area (Å²) in [6, 6.07) is 0. The Kier molecular flexibility index (Phi) is 32.4. The number of aromatic nitrogens is 2. The Hall–Kier alpha value is -2.08. The van der Waals surface area contributed by atoms with Crippen LogP contribution in [0.3, 0.4) is 0 Å². The second-order valence-electron chi connectivity index (χ2n) is 7.05. The molecule has 0 unspecified atom stereocenters. The average Bonchev–Trinajstić information content (AvgIpc) is 3.01. The Morgan fingerprint density at radius 2 is 0.659 bits per heavy atom. The van der Waals surface area contributed by atoms with Crippen molar-refractivity contribution in [2.45, 2.75) is 52.0 Å². The largest absolute Gasteiger partial charge is 0.673 e. The van der Waals surface area contributed by atoms with Gasteiger partial charge in [-0.05, 0) is 12.8 Å². The van der Waals surface area contributed by atoms with Gasteiger partial charge in [0.15, 0.2) is 0 Å². The van der Waals surface area contributed by atoms with Gasteiger partial charge in [-0.2, -0.15) is 0 Å². The zero-order valence-electron chi connectivity index (χ0n) is 22.1. The zero-order chi connectivity index (χ0) is 37.2. The first kappa shape index (κ1) is 54.4. The molecule has 0 saturated heterocycles. The van der Waals surface area contributed by atoms with E-state index < -0.39 is 43.5 Å². The molecule has 2 nitrogen and oxygen atoms in total. The SMILES string of the molecule is CCCCCCCCn1cc[n+](C)c1.F[B-](F)(F)F.F[B-](F)(F)F.F[B-](F)(F)F.F[B-](F)(F)F.F[B-](F)(F)F.F[B-](F)(F)F. The number of unbranched alkanes of at least 4 members (excludes halogenated alkanes) is 5. The van der Waals surface area contributed by atoms with Gasteiger partial charge in [0.1, 0.15) is 12.4 Å². The van der Waals surface area contributed by atoms with E-state index in [4.69, 9.17) is 0 Å². The van der Waals surface area contributed by atoms with Gasteiger partial charge in [-0.15, -0.1) is 0 Å². The van der Waals surface area contributed by atoms with Crippen LogP contribution >= 0.6 is 0 Å². The second-order valence-corrected chi connectivity index (χ2v) is 7.05. The number of hydrogen-bond acceptors (Lipinski definition) is 0. The predicted octanol–water partition coefficient (Wildman–Crippen LogP) is 10.5. The van der Waals surface area contributed by atoms with E-state index in [-0.39, 0.29) is 0 Å². The molecule has 44 heavy (non-hydrogen) atoms. The van der Waals surface area contributed by atoms with Gasteiger partial charge in [-0.25, -0.2) is 9.13 Å². The summed E-state index contributed by atoms with van der Waals surface area (Å²) < 4.78 is 238. The fourth-order valence-electron chi connectivity index (χ4n) is 1.71. The summed E-state index contributed by atoms with van der Waals surface area (Å²) >= 11 is 0. The summed E-state index contributed by atoms with van der Waals surface area (Å²) in [5.74, 6) is 0. The highest BCUT2D eigenvalue weighted by Crippen LogP contribution is 2.09. The summed E-state index contributed by atoms with van der Waals surface area (Å²) in [6.07, 6.45) is 14.6. The van der Waals surface area contributed by atoms with E-state index in [1.807, 2.05) is 0 Å². The van der Waals surface area contributed by atoms with E-state index in [1.165, 1.54) is 45.1 Å². The number of aryl methyl sites for hydroxylation is 2. The highest BCUT2D eigenvalue weighted by Gasteiger charge is 2.22. The van der Waals surface area contributed by atoms with Gasteiger partial charge >= 0.3 is 43.5 Å². The van der Waals surface area contributed by atoms with E-state index >= 15 is 0 Å². The van der Waals surface area contributed by atoms with Crippen molar-refractivity contribution in [1.29, 1.82) is 0 Å². The summed E-state index contributed by atoms with van der Waals surface area (Å²) in [5.41, 5.74) is 0. The number of halogens is 24. The van der Waals surface area contributed by atoms with Crippen molar-refractivity contribution in [2.75, 3.05) is 0 Å². The van der Waals surface area contributed by atoms with E-state index in [0.29, 0.717) is 0 Å². The molecule has 272 valence electrons. The number of nitrogens with zero attached hydrogens (tertiary/aromatic N) is 2. The molecule has 32 heteroatoms. The van der Waals surface area contributed by atoms with Gasteiger partial charge in [0.25, 0.3) is 0 Å². The van der Waals surface area contributed by atoms with Crippen molar-refractivity contribution in [3.63, 3.8) is 0 Å². The van der Waals surface area contributed by atoms with E-state index in [1.54, 1.807) is 0 Å². The lowest BCUT2D eigenvalue weighted by atomic mass is 10.1. The monoisotopic (exact) mass is 717 g/mol. The lowest BCUT2D eigenvalue weighted by molar-refractivity contribution is -0.671. The number of hydrogen-bond donors (Lipinski definition) is 0. The lowest BCUT2D eigenvalue weighted by Crippen LogP contribution is -2.23. The number of imidazole rings is 1. The molecule has 0 atom stereocenters. The Balaban J connectivity index is -0.000000103. The smallest absolute Gasteiger partial charge is 0.418 e. The molecule has 0 aliphatic heterocycles. The van der Waals surface area contributed by atoms with Gasteiger partial charge in [-0.3, -0.25) is 0 Å². The Morgan fingerprint density at radius 1 is 0.432 bits per heavy atom. The molecule has 0 saturated carbocycles. The zero-order valence-corrected chi connectivity index (χ0v) is 22.1. The predicted molar refractivity (Wildman–Crippen MR) is 120 cm³/mol. The molecule has 0 aromatic carbocycles. The maximum absolute atomic E-state index is 9.75. The topological polar surface area (TPSA) is 8.81 Å². The average molecular weight is 716 g/mol. The van der Waals surface area contributed by atoms with Crippen molar-refractivity contribution in [3.8, 4) is 0 Å². The van der Waals surface area contributed by atoms with Gasteiger partial charge in [0.05, 0.1) is 13.6 Å². The minimum absolute atomic E-state index is 1.17. The summed E-state index contributed by atoms with van der Waals surface area (Å²) in [7, 11) is -33.9. The minimum Gasteiger partial charge on any atom is -0.418 e. The van der Waals surface area contributed by atoms with Gasteiger partial charge < -0.3 is 104 Å². The van der Waals surface area contributed by atoms with Crippen LogP contribution in [-0.4, -0.2) is 48.1 Å². The van der Waals surface area contributed by atoms with Crippen molar-refractivity contribution in [3.05, 3.63) is 18.7 Å². The van der Waals surface area contributed by atoms with Crippen molar-refractivity contribution < 1.29 is 108 Å². The normalized spacial score (nSPS) is 11.6. The van der Waals surface area contributed by atoms with Crippen molar-refractivity contribution in [2.24, 2.45) is 7.05 Å². The molecule has 0 bridgehead atoms. The Morgan fingerprint density at radius 3 is 0.864 bits per heavy atom. The van der Waals surface area contributed by atoms with Gasteiger partial charge in [0, 0.05) is 0 Å². The van der Waals surface area contributed by atoms with Crippen LogP contribution in [0, 0.1) is 0 Å². The molecule has 1 heterocycles. The summed E-state index contributed by atoms with van der Waals surface area (Å²) in [5, 5.41) is 0. The van der Waals surface area contributed by atoms with Crippen LogP contribution in [0.5, 0.6) is 0 Å². The van der Waals surface area contributed by atoms with Crippen LogP contribution in [0.1, 0.15) is 45.4 Å². The first-order chi connectivity index (χ1) is 18.8. The maximum Gasteiger partial charge on any atom is 0.673 e. The van der Waals surface area contributed by atoms with Crippen LogP contribution in [0.4, 0.5) is 104 Å². The molecule has 1 aromatic heterocycles. The van der Waals surface area contributed by atoms with E-state index in [0.717, 1.165) is 0 Å². The van der Waals surface area contributed by atoms with Crippen LogP contribution in [0.15, 0.2) is 18.7 Å². The molecule has 1 rings (SSSR count). The first-order valence-corrected chi connectivity index (χ1v) is 11.1. The highest BCUT2D eigenvalue weighted by atomic mass is 19.5. The molecule has 0 aliphatic carbocycles. The van der Waals surface area contributed by atoms with Gasteiger partial charge in [0.2, 0.25) is 6.33 Å². The Labute approximate surface area is 235 Å². The third-order valence-electron chi connectivity index (χ3n) is 2.59. The van der Waals surface area contributed by atoms with Crippen LogP contribution in [0.25, 0.3) is 0 Å². The van der Waals surface area contributed by atoms with Gasteiger partial charge in [-0.1, -0.05) is 32.6 Å². The third-order valence-corrected chi connectivity index (χ3v) is 2.59. The van der Waals surface area contributed by atoms with E-state index in [2.05, 4.69) is 41.8 Å². The molecule has 1 aromatic rings. The van der Waals surface area contributed by atoms with Crippen molar-refractivity contribution in [1.82, 2.24) is 4.57 Å². The Bertz CT molecular complexity index is 610. The van der Waals surface area contributed by atoms with Crippen LogP contribution < -0.4 is 4.57 Å². The maximum atomic E-state index is 9.75. The summed E-state index contributed by atoms with van der Waals surface area (Å²) in [4.78, 5) is 0. The van der Waals surface area contributed by atoms with Crippen LogP contribution in [0.2, 0.25) is 0 Å². The molecule has 0 radical (unpaired) electrons. The minimum atomic E-state index is -6.00. The fraction of sp³-hybridized carbons (Fsp3) is 0.750. The first-order valence-electron chi connectivity index (χ1n) is 11.1. The quantitative estimate of drug-likeness (QED) is 0.115. The van der Waals surface area contributed by atoms with Crippen molar-refractivity contribution >= 4 is 43.5 Å². The second kappa shape index (κ2) is 26.2. The molecular formula is C12H23B6F24N2-5. The molecule has 0 amide bonds. The fourth-order valence-corrected chi connectivity index (χ4v) is 1.71. The molecule has 0 N–H and O–H groups in total. The standard InChI is InChI=1S/C12H23N2.6BF4/c1-3-4-5-6-7-8-9-14-11-10-13(2)12-14;6*2-1(3,4)5/h10-12H,3-9H2,1-2H3;;;;;;/q+1;6*-1.